The first-order chi connectivity index (χ1) is 17.2. The van der Waals surface area contributed by atoms with E-state index in [0.717, 1.165) is 11.3 Å². The third kappa shape index (κ3) is 6.63. The number of hydrogen-bond donors (Lipinski definition) is 1. The van der Waals surface area contributed by atoms with Crippen molar-refractivity contribution in [3.05, 3.63) is 90.3 Å². The third-order valence-corrected chi connectivity index (χ3v) is 6.16. The number of benzene rings is 3. The van der Waals surface area contributed by atoms with Gasteiger partial charge in [-0.2, -0.15) is 0 Å². The summed E-state index contributed by atoms with van der Waals surface area (Å²) in [6.45, 7) is 10.2. The van der Waals surface area contributed by atoms with Crippen LogP contribution in [-0.4, -0.2) is 15.9 Å². The number of ketones is 1. The average Bonchev–Trinajstić information content (AvgIpc) is 2.93. The van der Waals surface area contributed by atoms with E-state index in [4.69, 9.17) is 4.98 Å². The van der Waals surface area contributed by atoms with Gasteiger partial charge in [0.15, 0.2) is 5.78 Å². The van der Waals surface area contributed by atoms with E-state index < -0.39 is 0 Å². The summed E-state index contributed by atoms with van der Waals surface area (Å²) in [6, 6.07) is 24.9. The molecule has 1 heterocycles. The zero-order valence-electron chi connectivity index (χ0n) is 22.1. The van der Waals surface area contributed by atoms with Gasteiger partial charge in [-0.05, 0) is 58.0 Å². The van der Waals surface area contributed by atoms with Gasteiger partial charge in [0.05, 0.1) is 5.76 Å². The summed E-state index contributed by atoms with van der Waals surface area (Å²) in [6.07, 6.45) is 4.37. The number of nitrogens with zero attached hydrogens (tertiary/aromatic N) is 1. The summed E-state index contributed by atoms with van der Waals surface area (Å²) in [4.78, 5) is 15.9. The van der Waals surface area contributed by atoms with Crippen LogP contribution in [0.2, 0.25) is 0 Å². The number of aliphatic hydroxyl groups is 1. The minimum atomic E-state index is 0. The van der Waals surface area contributed by atoms with Crippen LogP contribution in [0.15, 0.2) is 78.7 Å². The molecular weight excluding hydrogens is 635 g/mol. The smallest absolute Gasteiger partial charge is 0.159 e. The van der Waals surface area contributed by atoms with Crippen molar-refractivity contribution >= 4 is 16.6 Å². The molecule has 1 aliphatic carbocycles. The summed E-state index contributed by atoms with van der Waals surface area (Å²) in [5.74, 6) is 0.979. The molecule has 37 heavy (non-hydrogen) atoms. The molecule has 1 aliphatic rings. The van der Waals surface area contributed by atoms with Crippen molar-refractivity contribution in [2.24, 2.45) is 11.8 Å². The van der Waals surface area contributed by atoms with Gasteiger partial charge >= 0.3 is 0 Å². The first-order valence-corrected chi connectivity index (χ1v) is 12.7. The Morgan fingerprint density at radius 2 is 1.57 bits per heavy atom. The van der Waals surface area contributed by atoms with Crippen molar-refractivity contribution in [1.29, 1.82) is 0 Å². The minimum absolute atomic E-state index is 0. The van der Waals surface area contributed by atoms with E-state index in [1.54, 1.807) is 0 Å². The van der Waals surface area contributed by atoms with E-state index >= 15 is 0 Å². The zero-order valence-corrected chi connectivity index (χ0v) is 24.5. The normalized spacial score (nSPS) is 11.7. The summed E-state index contributed by atoms with van der Waals surface area (Å²) in [5.41, 5.74) is 8.39. The number of aromatic nitrogens is 1. The largest absolute Gasteiger partial charge is 0.512 e. The van der Waals surface area contributed by atoms with Crippen LogP contribution in [0.25, 0.3) is 44.3 Å². The molecule has 3 aromatic carbocycles. The van der Waals surface area contributed by atoms with Crippen molar-refractivity contribution < 1.29 is 30.0 Å². The van der Waals surface area contributed by atoms with Crippen LogP contribution in [0.5, 0.6) is 0 Å². The molecule has 0 amide bonds. The molecule has 193 valence electrons. The molecule has 0 bridgehead atoms. The monoisotopic (exact) mass is 669 g/mol. The Morgan fingerprint density at radius 3 is 2.24 bits per heavy atom. The summed E-state index contributed by atoms with van der Waals surface area (Å²) in [5, 5.41) is 11.8. The summed E-state index contributed by atoms with van der Waals surface area (Å²) < 4.78 is 0. The predicted octanol–water partition coefficient (Wildman–Crippen LogP) is 8.74. The number of carbonyl (C=O) groups is 1. The molecule has 4 aromatic rings. The first-order valence-electron chi connectivity index (χ1n) is 12.7. The van der Waals surface area contributed by atoms with Crippen LogP contribution < -0.4 is 0 Å². The van der Waals surface area contributed by atoms with E-state index in [1.807, 2.05) is 40.0 Å². The van der Waals surface area contributed by atoms with Crippen LogP contribution in [0.4, 0.5) is 0 Å². The molecular formula is C33H34IrNO2-. The van der Waals surface area contributed by atoms with E-state index in [1.165, 1.54) is 44.7 Å². The van der Waals surface area contributed by atoms with Crippen molar-refractivity contribution in [2.45, 2.75) is 47.5 Å². The minimum Gasteiger partial charge on any atom is -0.512 e. The van der Waals surface area contributed by atoms with Crippen LogP contribution in [0.3, 0.4) is 0 Å². The van der Waals surface area contributed by atoms with E-state index in [9.17, 15) is 9.90 Å². The molecule has 1 aromatic heterocycles. The maximum atomic E-state index is 11.2. The molecule has 1 N–H and O–H groups in total. The fraction of sp³-hybridized carbons (Fsp3) is 0.273. The molecule has 0 fully saturated rings. The molecule has 5 rings (SSSR count). The average molecular weight is 669 g/mol. The number of aliphatic hydroxyl groups excluding tert-OH is 1. The Hall–Kier alpha value is -3.07. The quantitative estimate of drug-likeness (QED) is 0.116. The number of hydrogen-bond acceptors (Lipinski definition) is 3. The van der Waals surface area contributed by atoms with Crippen molar-refractivity contribution in [3.63, 3.8) is 0 Å². The SMILES string of the molecule is CC(C)CC(=O)/C=C(\O)CC(C)C.Cc1cc2c3c(nccc3c1)-c1[c-]cccc1-c1ccccc1-2.[Ir]. The predicted molar refractivity (Wildman–Crippen MR) is 150 cm³/mol. The van der Waals surface area contributed by atoms with Gasteiger partial charge in [0.25, 0.3) is 0 Å². The fourth-order valence-corrected chi connectivity index (χ4v) is 4.80. The second-order valence-corrected chi connectivity index (χ2v) is 10.4. The van der Waals surface area contributed by atoms with Crippen LogP contribution >= 0.6 is 0 Å². The molecule has 3 nitrogen and oxygen atoms in total. The van der Waals surface area contributed by atoms with Crippen molar-refractivity contribution in [1.82, 2.24) is 4.98 Å². The maximum Gasteiger partial charge on any atom is 0.159 e. The van der Waals surface area contributed by atoms with Crippen molar-refractivity contribution in [2.75, 3.05) is 0 Å². The number of pyridine rings is 1. The second kappa shape index (κ2) is 12.4. The Morgan fingerprint density at radius 1 is 0.919 bits per heavy atom. The van der Waals surface area contributed by atoms with Crippen LogP contribution in [-0.2, 0) is 24.9 Å². The molecule has 0 unspecified atom stereocenters. The first kappa shape index (κ1) is 28.5. The molecule has 0 spiro atoms. The molecule has 0 aliphatic heterocycles. The Balaban J connectivity index is 0.000000237. The van der Waals surface area contributed by atoms with Gasteiger partial charge in [-0.15, -0.1) is 29.8 Å². The molecule has 0 atom stereocenters. The number of fused-ring (bicyclic) bond motifs is 5. The van der Waals surface area contributed by atoms with E-state index in [2.05, 4.69) is 67.6 Å². The molecule has 0 saturated carbocycles. The van der Waals surface area contributed by atoms with E-state index in [0.29, 0.717) is 24.7 Å². The molecule has 4 heteroatoms. The number of aryl methyl sites for hydroxylation is 1. The molecule has 0 saturated heterocycles. The fourth-order valence-electron chi connectivity index (χ4n) is 4.80. The van der Waals surface area contributed by atoms with Gasteiger partial charge < -0.3 is 10.1 Å². The number of allylic oxidation sites excluding steroid dienone is 2. The number of rotatable bonds is 5. The standard InChI is InChI=1S/C22H14N.C11H20O2.Ir/c1-14-12-15-10-11-23-22-19-9-5-4-7-17(19)16-6-2-3-8-18(16)20(13-14)21(15)22;1-8(2)5-10(12)7-11(13)6-9(3)4;/h2-8,10-13H,1H3;7-9,12H,5-6H2,1-4H3;/q-1;;/b;10-7-;. The van der Waals surface area contributed by atoms with Crippen LogP contribution in [0, 0.1) is 24.8 Å². The van der Waals surface area contributed by atoms with Crippen LogP contribution in [0.1, 0.15) is 46.1 Å². The Labute approximate surface area is 234 Å². The number of carbonyl (C=O) groups excluding carboxylic acids is 1. The van der Waals surface area contributed by atoms with Gasteiger partial charge in [-0.25, -0.2) is 0 Å². The van der Waals surface area contributed by atoms with Gasteiger partial charge in [0.2, 0.25) is 0 Å². The Kier molecular flexibility index (Phi) is 9.59. The topological polar surface area (TPSA) is 50.2 Å². The second-order valence-electron chi connectivity index (χ2n) is 10.4. The molecule has 1 radical (unpaired) electrons. The van der Waals surface area contributed by atoms with E-state index in [-0.39, 0.29) is 31.6 Å². The summed E-state index contributed by atoms with van der Waals surface area (Å²) >= 11 is 0. The van der Waals surface area contributed by atoms with Gasteiger partial charge in [0.1, 0.15) is 0 Å². The van der Waals surface area contributed by atoms with Gasteiger partial charge in [-0.3, -0.25) is 4.79 Å². The Bertz CT molecular complexity index is 1440. The zero-order chi connectivity index (χ0) is 25.8. The summed E-state index contributed by atoms with van der Waals surface area (Å²) in [7, 11) is 0. The van der Waals surface area contributed by atoms with Gasteiger partial charge in [0, 0.05) is 45.2 Å². The van der Waals surface area contributed by atoms with Crippen molar-refractivity contribution in [3.8, 4) is 33.5 Å². The maximum absolute atomic E-state index is 11.2. The third-order valence-electron chi connectivity index (χ3n) is 6.16. The van der Waals surface area contributed by atoms with Gasteiger partial charge in [-0.1, -0.05) is 75.2 Å².